The second-order valence-corrected chi connectivity index (χ2v) is 5.71. The van der Waals surface area contributed by atoms with E-state index in [0.717, 1.165) is 11.3 Å². The van der Waals surface area contributed by atoms with Crippen molar-refractivity contribution in [1.82, 2.24) is 9.88 Å². The molecule has 6 heteroatoms. The van der Waals surface area contributed by atoms with E-state index in [-0.39, 0.29) is 17.7 Å². The van der Waals surface area contributed by atoms with Crippen molar-refractivity contribution in [2.24, 2.45) is 5.92 Å². The number of hydrogen-bond donors (Lipinski definition) is 1. The van der Waals surface area contributed by atoms with Gasteiger partial charge in [0.05, 0.1) is 6.20 Å². The lowest BCUT2D eigenvalue weighted by atomic mass is 9.96. The molecular formula is C17H19N3O3. The van der Waals surface area contributed by atoms with Crippen LogP contribution in [0.2, 0.25) is 0 Å². The molecule has 0 bridgehead atoms. The molecule has 1 aromatic carbocycles. The van der Waals surface area contributed by atoms with E-state index in [2.05, 4.69) is 10.3 Å². The summed E-state index contributed by atoms with van der Waals surface area (Å²) >= 11 is 0. The van der Waals surface area contributed by atoms with E-state index in [1.54, 1.807) is 18.0 Å². The van der Waals surface area contributed by atoms with Crippen molar-refractivity contribution in [3.63, 3.8) is 0 Å². The largest absolute Gasteiger partial charge is 0.444 e. The lowest BCUT2D eigenvalue weighted by Gasteiger charge is -2.30. The second-order valence-electron chi connectivity index (χ2n) is 5.71. The Morgan fingerprint density at radius 2 is 1.91 bits per heavy atom. The van der Waals surface area contributed by atoms with Crippen molar-refractivity contribution in [2.75, 3.05) is 18.4 Å². The van der Waals surface area contributed by atoms with Crippen LogP contribution >= 0.6 is 0 Å². The van der Waals surface area contributed by atoms with Gasteiger partial charge in [0.2, 0.25) is 11.8 Å². The predicted molar refractivity (Wildman–Crippen MR) is 85.5 cm³/mol. The van der Waals surface area contributed by atoms with Crippen LogP contribution in [0.4, 0.5) is 5.69 Å². The van der Waals surface area contributed by atoms with Gasteiger partial charge in [0.25, 0.3) is 0 Å². The van der Waals surface area contributed by atoms with Gasteiger partial charge in [-0.1, -0.05) is 0 Å². The van der Waals surface area contributed by atoms with Crippen LogP contribution in [0.5, 0.6) is 0 Å². The molecule has 23 heavy (non-hydrogen) atoms. The minimum atomic E-state index is -0.0421. The van der Waals surface area contributed by atoms with Crippen LogP contribution in [0.1, 0.15) is 19.8 Å². The van der Waals surface area contributed by atoms with E-state index >= 15 is 0 Å². The number of anilines is 1. The molecule has 2 aromatic rings. The average Bonchev–Trinajstić information content (AvgIpc) is 3.10. The zero-order valence-corrected chi connectivity index (χ0v) is 13.0. The Bertz CT molecular complexity index is 672. The molecule has 1 aliphatic heterocycles. The summed E-state index contributed by atoms with van der Waals surface area (Å²) in [6, 6.07) is 7.46. The van der Waals surface area contributed by atoms with Gasteiger partial charge in [0.15, 0.2) is 12.2 Å². The number of nitrogens with zero attached hydrogens (tertiary/aromatic N) is 2. The van der Waals surface area contributed by atoms with Gasteiger partial charge in [-0.05, 0) is 37.1 Å². The van der Waals surface area contributed by atoms with Crippen LogP contribution in [0.3, 0.4) is 0 Å². The fraction of sp³-hybridized carbons (Fsp3) is 0.353. The lowest BCUT2D eigenvalue weighted by molar-refractivity contribution is -0.132. The number of benzene rings is 1. The van der Waals surface area contributed by atoms with Crippen LogP contribution < -0.4 is 5.32 Å². The van der Waals surface area contributed by atoms with Gasteiger partial charge in [-0.2, -0.15) is 0 Å². The molecule has 0 atom stereocenters. The number of aromatic nitrogens is 1. The molecule has 0 unspecified atom stereocenters. The summed E-state index contributed by atoms with van der Waals surface area (Å²) in [6.45, 7) is 2.87. The number of amides is 2. The van der Waals surface area contributed by atoms with Gasteiger partial charge in [0, 0.05) is 37.2 Å². The normalized spacial score (nSPS) is 15.4. The standard InChI is InChI=1S/C17H19N3O3/c1-12(21)20-8-6-14(7-9-20)17(22)19-15-4-2-13(3-5-15)16-10-18-11-23-16/h2-5,10-11,14H,6-9H2,1H3,(H,19,22). The fourth-order valence-electron chi connectivity index (χ4n) is 2.78. The smallest absolute Gasteiger partial charge is 0.227 e. The van der Waals surface area contributed by atoms with Crippen molar-refractivity contribution < 1.29 is 14.0 Å². The molecule has 2 heterocycles. The van der Waals surface area contributed by atoms with Crippen molar-refractivity contribution >= 4 is 17.5 Å². The number of carbonyl (C=O) groups excluding carboxylic acids is 2. The molecule has 1 fully saturated rings. The number of hydrogen-bond acceptors (Lipinski definition) is 4. The van der Waals surface area contributed by atoms with Crippen molar-refractivity contribution in [2.45, 2.75) is 19.8 Å². The third-order valence-electron chi connectivity index (χ3n) is 4.18. The molecule has 1 N–H and O–H groups in total. The number of carbonyl (C=O) groups is 2. The van der Waals surface area contributed by atoms with E-state index in [1.165, 1.54) is 6.39 Å². The Morgan fingerprint density at radius 3 is 2.48 bits per heavy atom. The predicted octanol–water partition coefficient (Wildman–Crippen LogP) is 2.54. The van der Waals surface area contributed by atoms with Crippen molar-refractivity contribution in [1.29, 1.82) is 0 Å². The molecular weight excluding hydrogens is 294 g/mol. The van der Waals surface area contributed by atoms with Crippen molar-refractivity contribution in [3.8, 4) is 11.3 Å². The SMILES string of the molecule is CC(=O)N1CCC(C(=O)Nc2ccc(-c3cnco3)cc2)CC1. The summed E-state index contributed by atoms with van der Waals surface area (Å²) in [6.07, 6.45) is 4.46. The Hall–Kier alpha value is -2.63. The number of rotatable bonds is 3. The summed E-state index contributed by atoms with van der Waals surface area (Å²) in [5.41, 5.74) is 1.67. The second kappa shape index (κ2) is 6.64. The first kappa shape index (κ1) is 15.3. The fourth-order valence-corrected chi connectivity index (χ4v) is 2.78. The van der Waals surface area contributed by atoms with Crippen LogP contribution in [0, 0.1) is 5.92 Å². The molecule has 2 amide bonds. The average molecular weight is 313 g/mol. The van der Waals surface area contributed by atoms with Crippen LogP contribution in [-0.4, -0.2) is 34.8 Å². The summed E-state index contributed by atoms with van der Waals surface area (Å²) in [7, 11) is 0. The monoisotopic (exact) mass is 313 g/mol. The summed E-state index contributed by atoms with van der Waals surface area (Å²) in [4.78, 5) is 29.3. The van der Waals surface area contributed by atoms with E-state index in [4.69, 9.17) is 4.42 Å². The van der Waals surface area contributed by atoms with Gasteiger partial charge < -0.3 is 14.6 Å². The number of likely N-dealkylation sites (tertiary alicyclic amines) is 1. The minimum absolute atomic E-state index is 0.0145. The van der Waals surface area contributed by atoms with Gasteiger partial charge in [0.1, 0.15) is 0 Å². The molecule has 1 aromatic heterocycles. The summed E-state index contributed by atoms with van der Waals surface area (Å²) in [5, 5.41) is 2.94. The van der Waals surface area contributed by atoms with Gasteiger partial charge >= 0.3 is 0 Å². The Labute approximate surface area is 134 Å². The molecule has 120 valence electrons. The molecule has 6 nitrogen and oxygen atoms in total. The van der Waals surface area contributed by atoms with Crippen LogP contribution in [0.15, 0.2) is 41.3 Å². The first-order chi connectivity index (χ1) is 11.1. The molecule has 1 aliphatic rings. The zero-order valence-electron chi connectivity index (χ0n) is 13.0. The molecule has 0 saturated carbocycles. The molecule has 0 aliphatic carbocycles. The molecule has 0 spiro atoms. The maximum atomic E-state index is 12.3. The highest BCUT2D eigenvalue weighted by Gasteiger charge is 2.25. The third-order valence-corrected chi connectivity index (χ3v) is 4.18. The van der Waals surface area contributed by atoms with Crippen molar-refractivity contribution in [3.05, 3.63) is 36.9 Å². The summed E-state index contributed by atoms with van der Waals surface area (Å²) < 4.78 is 5.23. The quantitative estimate of drug-likeness (QED) is 0.945. The van der Waals surface area contributed by atoms with Gasteiger partial charge in [-0.15, -0.1) is 0 Å². The van der Waals surface area contributed by atoms with E-state index in [0.29, 0.717) is 31.7 Å². The highest BCUT2D eigenvalue weighted by atomic mass is 16.3. The Kier molecular flexibility index (Phi) is 4.41. The van der Waals surface area contributed by atoms with E-state index < -0.39 is 0 Å². The van der Waals surface area contributed by atoms with Gasteiger partial charge in [-0.3, -0.25) is 9.59 Å². The molecule has 1 saturated heterocycles. The van der Waals surface area contributed by atoms with E-state index in [1.807, 2.05) is 24.3 Å². The summed E-state index contributed by atoms with van der Waals surface area (Å²) in [5.74, 6) is 0.742. The van der Waals surface area contributed by atoms with Crippen LogP contribution in [-0.2, 0) is 9.59 Å². The third kappa shape index (κ3) is 3.59. The number of oxazole rings is 1. The number of piperidine rings is 1. The first-order valence-corrected chi connectivity index (χ1v) is 7.69. The van der Waals surface area contributed by atoms with E-state index in [9.17, 15) is 9.59 Å². The first-order valence-electron chi connectivity index (χ1n) is 7.69. The molecule has 3 rings (SSSR count). The topological polar surface area (TPSA) is 75.4 Å². The minimum Gasteiger partial charge on any atom is -0.444 e. The highest BCUT2D eigenvalue weighted by Crippen LogP contribution is 2.23. The Balaban J connectivity index is 1.57. The van der Waals surface area contributed by atoms with Gasteiger partial charge in [-0.25, -0.2) is 4.98 Å². The van der Waals surface area contributed by atoms with Crippen LogP contribution in [0.25, 0.3) is 11.3 Å². The Morgan fingerprint density at radius 1 is 1.22 bits per heavy atom. The maximum absolute atomic E-state index is 12.3. The highest BCUT2D eigenvalue weighted by molar-refractivity contribution is 5.93. The molecule has 0 radical (unpaired) electrons. The lowest BCUT2D eigenvalue weighted by Crippen LogP contribution is -2.40. The maximum Gasteiger partial charge on any atom is 0.227 e. The number of nitrogens with one attached hydrogen (secondary N) is 1. The zero-order chi connectivity index (χ0) is 16.2.